The number of halogens is 1. The van der Waals surface area contributed by atoms with E-state index in [1.165, 1.54) is 27.4 Å². The highest BCUT2D eigenvalue weighted by atomic mass is 19.1. The van der Waals surface area contributed by atoms with Crippen molar-refractivity contribution < 1.29 is 32.9 Å². The number of esters is 1. The van der Waals surface area contributed by atoms with Crippen molar-refractivity contribution >= 4 is 23.4 Å². The first-order valence-electron chi connectivity index (χ1n) is 14.8. The van der Waals surface area contributed by atoms with Crippen LogP contribution in [0.1, 0.15) is 30.1 Å². The molecule has 0 saturated carbocycles. The Hall–Kier alpha value is -4.61. The molecule has 11 nitrogen and oxygen atoms in total. The number of carbonyl (C=O) groups is 2. The number of hydrogen-bond donors (Lipinski definition) is 0. The maximum atomic E-state index is 14.5. The zero-order chi connectivity index (χ0) is 31.2. The third-order valence-corrected chi connectivity index (χ3v) is 8.10. The maximum absolute atomic E-state index is 14.5. The predicted octanol–water partition coefficient (Wildman–Crippen LogP) is 4.05. The van der Waals surface area contributed by atoms with Gasteiger partial charge in [-0.1, -0.05) is 12.1 Å². The van der Waals surface area contributed by atoms with Gasteiger partial charge < -0.3 is 33.6 Å². The van der Waals surface area contributed by atoms with E-state index < -0.39 is 0 Å². The van der Waals surface area contributed by atoms with Crippen molar-refractivity contribution in [1.29, 1.82) is 0 Å². The molecule has 0 bridgehead atoms. The highest BCUT2D eigenvalue weighted by Crippen LogP contribution is 2.41. The molecule has 0 atom stereocenters. The van der Waals surface area contributed by atoms with Crippen molar-refractivity contribution in [2.75, 3.05) is 77.0 Å². The topological polar surface area (TPSA) is 107 Å². The summed E-state index contributed by atoms with van der Waals surface area (Å²) >= 11 is 0. The number of rotatable bonds is 9. The number of para-hydroxylation sites is 1. The van der Waals surface area contributed by atoms with Crippen LogP contribution in [0.2, 0.25) is 0 Å². The van der Waals surface area contributed by atoms with Crippen molar-refractivity contribution in [1.82, 2.24) is 14.9 Å². The Labute approximate surface area is 256 Å². The number of carbonyl (C=O) groups excluding carboxylic acids is 2. The van der Waals surface area contributed by atoms with Crippen LogP contribution >= 0.6 is 0 Å². The van der Waals surface area contributed by atoms with E-state index >= 15 is 0 Å². The van der Waals surface area contributed by atoms with Gasteiger partial charge in [0.1, 0.15) is 17.2 Å². The highest BCUT2D eigenvalue weighted by molar-refractivity contribution is 5.99. The van der Waals surface area contributed by atoms with Crippen LogP contribution < -0.4 is 24.0 Å². The summed E-state index contributed by atoms with van der Waals surface area (Å²) in [5.41, 5.74) is 1.55. The van der Waals surface area contributed by atoms with E-state index in [4.69, 9.17) is 23.9 Å². The molecular formula is C32H38FN5O6. The number of likely N-dealkylation sites (tertiary alicyclic amines) is 1. The van der Waals surface area contributed by atoms with E-state index in [0.29, 0.717) is 104 Å². The van der Waals surface area contributed by atoms with Crippen LogP contribution in [-0.2, 0) is 9.53 Å². The standard InChI is InChI=1S/C32H38FN5O6/c1-5-44-32(40)21-10-12-38(13-11-21)31(39)23-20-34-29(22-18-26(41-2)28(43-4)27(19-22)42-3)35-30(23)37-16-14-36(15-17-37)25-9-7-6-8-24(25)33/h6-9,18-21H,5,10-17H2,1-4H3. The summed E-state index contributed by atoms with van der Waals surface area (Å²) in [6.07, 6.45) is 2.63. The molecular weight excluding hydrogens is 569 g/mol. The summed E-state index contributed by atoms with van der Waals surface area (Å²) < 4.78 is 36.2. The average molecular weight is 608 g/mol. The number of piperidine rings is 1. The van der Waals surface area contributed by atoms with Gasteiger partial charge in [-0.25, -0.2) is 14.4 Å². The van der Waals surface area contributed by atoms with Crippen molar-refractivity contribution in [3.05, 3.63) is 54.0 Å². The zero-order valence-corrected chi connectivity index (χ0v) is 25.5. The minimum atomic E-state index is -0.269. The molecule has 0 radical (unpaired) electrons. The van der Waals surface area contributed by atoms with E-state index in [9.17, 15) is 14.0 Å². The van der Waals surface area contributed by atoms with E-state index in [1.54, 1.807) is 42.3 Å². The Morgan fingerprint density at radius 2 is 1.55 bits per heavy atom. The quantitative estimate of drug-likeness (QED) is 0.331. The van der Waals surface area contributed by atoms with Crippen LogP contribution in [0, 0.1) is 11.7 Å². The van der Waals surface area contributed by atoms with Crippen molar-refractivity contribution in [3.8, 4) is 28.6 Å². The second kappa shape index (κ2) is 13.8. The van der Waals surface area contributed by atoms with Gasteiger partial charge in [-0.05, 0) is 44.0 Å². The molecule has 3 heterocycles. The second-order valence-corrected chi connectivity index (χ2v) is 10.6. The number of benzene rings is 2. The summed E-state index contributed by atoms with van der Waals surface area (Å²) in [6, 6.07) is 10.2. The first kappa shape index (κ1) is 30.8. The Morgan fingerprint density at radius 1 is 0.909 bits per heavy atom. The van der Waals surface area contributed by atoms with Gasteiger partial charge in [-0.2, -0.15) is 0 Å². The largest absolute Gasteiger partial charge is 0.493 e. The Bertz CT molecular complexity index is 1460. The molecule has 0 unspecified atom stereocenters. The van der Waals surface area contributed by atoms with Crippen LogP contribution in [-0.4, -0.2) is 93.9 Å². The fraction of sp³-hybridized carbons (Fsp3) is 0.438. The molecule has 2 aliphatic heterocycles. The van der Waals surface area contributed by atoms with Gasteiger partial charge in [0.25, 0.3) is 5.91 Å². The van der Waals surface area contributed by atoms with Crippen molar-refractivity contribution in [2.24, 2.45) is 5.92 Å². The second-order valence-electron chi connectivity index (χ2n) is 10.6. The molecule has 12 heteroatoms. The minimum Gasteiger partial charge on any atom is -0.493 e. The highest BCUT2D eigenvalue weighted by Gasteiger charge is 2.32. The number of methoxy groups -OCH3 is 3. The maximum Gasteiger partial charge on any atom is 0.309 e. The smallest absolute Gasteiger partial charge is 0.309 e. The average Bonchev–Trinajstić information content (AvgIpc) is 3.07. The molecule has 1 amide bonds. The molecule has 5 rings (SSSR count). The van der Waals surface area contributed by atoms with Gasteiger partial charge in [0.05, 0.1) is 39.5 Å². The third-order valence-electron chi connectivity index (χ3n) is 8.10. The molecule has 2 aromatic carbocycles. The van der Waals surface area contributed by atoms with Gasteiger partial charge in [0.2, 0.25) is 5.75 Å². The van der Waals surface area contributed by atoms with E-state index in [2.05, 4.69) is 4.98 Å². The summed E-state index contributed by atoms with van der Waals surface area (Å²) in [5, 5.41) is 0. The number of nitrogens with zero attached hydrogens (tertiary/aromatic N) is 5. The normalized spacial score (nSPS) is 15.6. The van der Waals surface area contributed by atoms with E-state index in [1.807, 2.05) is 15.9 Å². The number of amides is 1. The summed E-state index contributed by atoms with van der Waals surface area (Å²) in [4.78, 5) is 41.5. The Morgan fingerprint density at radius 3 is 2.14 bits per heavy atom. The molecule has 2 aliphatic rings. The third kappa shape index (κ3) is 6.34. The van der Waals surface area contributed by atoms with Crippen LogP contribution in [0.4, 0.5) is 15.9 Å². The molecule has 3 aromatic rings. The van der Waals surface area contributed by atoms with Crippen LogP contribution in [0.25, 0.3) is 11.4 Å². The lowest BCUT2D eigenvalue weighted by molar-refractivity contribution is -0.149. The SMILES string of the molecule is CCOC(=O)C1CCN(C(=O)c2cnc(-c3cc(OC)c(OC)c(OC)c3)nc2N2CCN(c3ccccc3F)CC2)CC1. The van der Waals surface area contributed by atoms with E-state index in [0.717, 1.165) is 0 Å². The zero-order valence-electron chi connectivity index (χ0n) is 25.5. The predicted molar refractivity (Wildman–Crippen MR) is 163 cm³/mol. The Balaban J connectivity index is 1.46. The number of piperazine rings is 1. The van der Waals surface area contributed by atoms with Gasteiger partial charge in [-0.15, -0.1) is 0 Å². The lowest BCUT2D eigenvalue weighted by atomic mass is 9.96. The molecule has 1 aromatic heterocycles. The summed E-state index contributed by atoms with van der Waals surface area (Å²) in [7, 11) is 4.61. The monoisotopic (exact) mass is 607 g/mol. The van der Waals surface area contributed by atoms with Crippen LogP contribution in [0.5, 0.6) is 17.2 Å². The van der Waals surface area contributed by atoms with Gasteiger partial charge in [0.15, 0.2) is 17.3 Å². The number of aromatic nitrogens is 2. The van der Waals surface area contributed by atoms with Crippen molar-refractivity contribution in [3.63, 3.8) is 0 Å². The molecule has 0 spiro atoms. The summed E-state index contributed by atoms with van der Waals surface area (Å²) in [5.74, 6) is 1.33. The molecule has 234 valence electrons. The summed E-state index contributed by atoms with van der Waals surface area (Å²) in [6.45, 7) is 5.11. The molecule has 2 saturated heterocycles. The van der Waals surface area contributed by atoms with Gasteiger partial charge >= 0.3 is 5.97 Å². The molecule has 0 aliphatic carbocycles. The van der Waals surface area contributed by atoms with Gasteiger partial charge in [0, 0.05) is 51.0 Å². The fourth-order valence-corrected chi connectivity index (χ4v) is 5.73. The Kier molecular flexibility index (Phi) is 9.66. The number of ether oxygens (including phenoxy) is 4. The molecule has 44 heavy (non-hydrogen) atoms. The van der Waals surface area contributed by atoms with Crippen LogP contribution in [0.3, 0.4) is 0 Å². The number of hydrogen-bond acceptors (Lipinski definition) is 10. The van der Waals surface area contributed by atoms with Crippen molar-refractivity contribution in [2.45, 2.75) is 19.8 Å². The van der Waals surface area contributed by atoms with Gasteiger partial charge in [-0.3, -0.25) is 9.59 Å². The minimum absolute atomic E-state index is 0.199. The fourth-order valence-electron chi connectivity index (χ4n) is 5.73. The molecule has 0 N–H and O–H groups in total. The lowest BCUT2D eigenvalue weighted by Gasteiger charge is -2.38. The molecule has 2 fully saturated rings. The van der Waals surface area contributed by atoms with Crippen LogP contribution in [0.15, 0.2) is 42.6 Å². The lowest BCUT2D eigenvalue weighted by Crippen LogP contribution is -2.48. The first-order chi connectivity index (χ1) is 21.4. The van der Waals surface area contributed by atoms with E-state index in [-0.39, 0.29) is 23.6 Å². The first-order valence-corrected chi connectivity index (χ1v) is 14.8. The number of anilines is 2.